The highest BCUT2D eigenvalue weighted by Crippen LogP contribution is 2.30. The largest absolute Gasteiger partial charge is 0.339 e. The monoisotopic (exact) mass is 430 g/mol. The first-order chi connectivity index (χ1) is 13.8. The molecule has 28 heavy (non-hydrogen) atoms. The van der Waals surface area contributed by atoms with Gasteiger partial charge in [0.1, 0.15) is 5.82 Å². The number of fused-ring (bicyclic) bond motifs is 2. The predicted molar refractivity (Wildman–Crippen MR) is 116 cm³/mol. The van der Waals surface area contributed by atoms with Crippen LogP contribution in [0.1, 0.15) is 0 Å². The number of aromatic nitrogens is 4. The number of nitrogens with one attached hydrogen (secondary N) is 3. The zero-order valence-electron chi connectivity index (χ0n) is 14.6. The highest BCUT2D eigenvalue weighted by molar-refractivity contribution is 9.10. The Hall–Kier alpha value is -3.45. The molecule has 0 aliphatic carbocycles. The topological polar surface area (TPSA) is 78.5 Å². The van der Waals surface area contributed by atoms with Gasteiger partial charge >= 0.3 is 0 Å². The summed E-state index contributed by atoms with van der Waals surface area (Å²) in [4.78, 5) is 9.01. The van der Waals surface area contributed by atoms with Gasteiger partial charge < -0.3 is 10.6 Å². The van der Waals surface area contributed by atoms with Gasteiger partial charge in [-0.1, -0.05) is 36.4 Å². The second-order valence-electron chi connectivity index (χ2n) is 6.34. The molecule has 0 saturated carbocycles. The van der Waals surface area contributed by atoms with E-state index in [1.807, 2.05) is 42.5 Å². The lowest BCUT2D eigenvalue weighted by molar-refractivity contribution is 1.12. The Morgan fingerprint density at radius 1 is 0.857 bits per heavy atom. The minimum Gasteiger partial charge on any atom is -0.339 e. The fourth-order valence-corrected chi connectivity index (χ4v) is 3.42. The summed E-state index contributed by atoms with van der Waals surface area (Å²) in [5.41, 5.74) is 2.87. The Bertz CT molecular complexity index is 1290. The van der Waals surface area contributed by atoms with Crippen molar-refractivity contribution in [3.63, 3.8) is 0 Å². The third-order valence-electron chi connectivity index (χ3n) is 4.48. The van der Waals surface area contributed by atoms with Crippen molar-refractivity contribution < 1.29 is 0 Å². The maximum Gasteiger partial charge on any atom is 0.229 e. The van der Waals surface area contributed by atoms with Crippen LogP contribution in [-0.2, 0) is 0 Å². The van der Waals surface area contributed by atoms with Crippen LogP contribution < -0.4 is 10.6 Å². The fourth-order valence-electron chi connectivity index (χ4n) is 3.13. The molecule has 0 radical (unpaired) electrons. The fraction of sp³-hybridized carbons (Fsp3) is 0. The molecule has 0 atom stereocenters. The zero-order valence-corrected chi connectivity index (χ0v) is 16.2. The first kappa shape index (κ1) is 16.7. The number of halogens is 1. The quantitative estimate of drug-likeness (QED) is 0.338. The smallest absolute Gasteiger partial charge is 0.229 e. The molecule has 5 aromatic rings. The van der Waals surface area contributed by atoms with Gasteiger partial charge in [0.05, 0.1) is 16.2 Å². The molecule has 0 amide bonds. The van der Waals surface area contributed by atoms with E-state index in [1.54, 1.807) is 12.4 Å². The molecule has 136 valence electrons. The molecule has 0 unspecified atom stereocenters. The van der Waals surface area contributed by atoms with Gasteiger partial charge in [0.25, 0.3) is 0 Å². The standard InChI is InChI=1S/C21H15BrN6/c22-17-12-23-21(25-15-8-9-18-14(10-15)11-24-28-18)27-20(17)26-19-7-3-5-13-4-1-2-6-16(13)19/h1-12H,(H,24,28)(H2,23,25,26,27). The van der Waals surface area contributed by atoms with Crippen LogP contribution in [-0.4, -0.2) is 20.2 Å². The summed E-state index contributed by atoms with van der Waals surface area (Å²) in [6, 6.07) is 20.3. The second kappa shape index (κ2) is 6.94. The molecule has 7 heteroatoms. The Kier molecular flexibility index (Phi) is 4.14. The van der Waals surface area contributed by atoms with Gasteiger partial charge in [0.15, 0.2) is 0 Å². The van der Waals surface area contributed by atoms with E-state index in [4.69, 9.17) is 0 Å². The van der Waals surface area contributed by atoms with Crippen molar-refractivity contribution in [2.75, 3.05) is 10.6 Å². The molecule has 0 aliphatic heterocycles. The minimum atomic E-state index is 0.508. The van der Waals surface area contributed by atoms with Gasteiger partial charge in [-0.05, 0) is 45.6 Å². The van der Waals surface area contributed by atoms with Crippen LogP contribution in [0.3, 0.4) is 0 Å². The van der Waals surface area contributed by atoms with Gasteiger partial charge in [0.2, 0.25) is 5.95 Å². The molecule has 5 rings (SSSR count). The van der Waals surface area contributed by atoms with Crippen molar-refractivity contribution in [1.82, 2.24) is 20.2 Å². The highest BCUT2D eigenvalue weighted by Gasteiger charge is 2.08. The third-order valence-corrected chi connectivity index (χ3v) is 5.06. The summed E-state index contributed by atoms with van der Waals surface area (Å²) >= 11 is 3.54. The highest BCUT2D eigenvalue weighted by atomic mass is 79.9. The number of aromatic amines is 1. The van der Waals surface area contributed by atoms with E-state index in [1.165, 1.54) is 5.39 Å². The van der Waals surface area contributed by atoms with Crippen molar-refractivity contribution in [2.45, 2.75) is 0 Å². The van der Waals surface area contributed by atoms with E-state index in [2.05, 4.69) is 64.9 Å². The van der Waals surface area contributed by atoms with Gasteiger partial charge in [-0.15, -0.1) is 0 Å². The number of rotatable bonds is 4. The van der Waals surface area contributed by atoms with Crippen LogP contribution >= 0.6 is 15.9 Å². The Morgan fingerprint density at radius 2 is 1.75 bits per heavy atom. The van der Waals surface area contributed by atoms with E-state index < -0.39 is 0 Å². The van der Waals surface area contributed by atoms with Gasteiger partial charge in [-0.25, -0.2) is 4.98 Å². The number of nitrogens with zero attached hydrogens (tertiary/aromatic N) is 3. The molecule has 0 aliphatic rings. The molecule has 0 saturated heterocycles. The minimum absolute atomic E-state index is 0.508. The Labute approximate surface area is 169 Å². The number of hydrogen-bond donors (Lipinski definition) is 3. The van der Waals surface area contributed by atoms with E-state index in [-0.39, 0.29) is 0 Å². The number of H-pyrrole nitrogens is 1. The van der Waals surface area contributed by atoms with Crippen LogP contribution in [0.25, 0.3) is 21.7 Å². The molecule has 2 heterocycles. The number of anilines is 4. The van der Waals surface area contributed by atoms with Gasteiger partial charge in [0, 0.05) is 28.3 Å². The van der Waals surface area contributed by atoms with E-state index in [0.29, 0.717) is 11.8 Å². The molecule has 0 spiro atoms. The summed E-state index contributed by atoms with van der Waals surface area (Å²) in [5, 5.41) is 17.0. The maximum absolute atomic E-state index is 4.63. The van der Waals surface area contributed by atoms with Gasteiger partial charge in [-0.3, -0.25) is 5.10 Å². The van der Waals surface area contributed by atoms with Crippen molar-refractivity contribution >= 4 is 60.7 Å². The average molecular weight is 431 g/mol. The maximum atomic E-state index is 4.63. The molecular weight excluding hydrogens is 416 g/mol. The molecule has 0 fully saturated rings. The van der Waals surface area contributed by atoms with Gasteiger partial charge in [-0.2, -0.15) is 10.1 Å². The van der Waals surface area contributed by atoms with Crippen molar-refractivity contribution in [3.8, 4) is 0 Å². The van der Waals surface area contributed by atoms with E-state index in [0.717, 1.165) is 32.1 Å². The number of hydrogen-bond acceptors (Lipinski definition) is 5. The first-order valence-corrected chi connectivity index (χ1v) is 9.53. The van der Waals surface area contributed by atoms with Crippen molar-refractivity contribution in [1.29, 1.82) is 0 Å². The first-order valence-electron chi connectivity index (χ1n) is 8.74. The lowest BCUT2D eigenvalue weighted by Crippen LogP contribution is -2.02. The summed E-state index contributed by atoms with van der Waals surface area (Å²) in [7, 11) is 0. The lowest BCUT2D eigenvalue weighted by Gasteiger charge is -2.12. The third kappa shape index (κ3) is 3.16. The summed E-state index contributed by atoms with van der Waals surface area (Å²) in [5.74, 6) is 1.20. The van der Waals surface area contributed by atoms with Crippen molar-refractivity contribution in [2.24, 2.45) is 0 Å². The summed E-state index contributed by atoms with van der Waals surface area (Å²) in [6.45, 7) is 0. The van der Waals surface area contributed by atoms with Crippen LogP contribution in [0.5, 0.6) is 0 Å². The number of benzene rings is 3. The summed E-state index contributed by atoms with van der Waals surface area (Å²) in [6.07, 6.45) is 3.52. The van der Waals surface area contributed by atoms with Crippen LogP contribution in [0.15, 0.2) is 77.5 Å². The van der Waals surface area contributed by atoms with Crippen LogP contribution in [0, 0.1) is 0 Å². The van der Waals surface area contributed by atoms with Crippen LogP contribution in [0.4, 0.5) is 23.1 Å². The average Bonchev–Trinajstić information content (AvgIpc) is 3.19. The van der Waals surface area contributed by atoms with E-state index in [9.17, 15) is 0 Å². The predicted octanol–water partition coefficient (Wildman–Crippen LogP) is 5.76. The molecule has 2 aromatic heterocycles. The molecule has 6 nitrogen and oxygen atoms in total. The van der Waals surface area contributed by atoms with E-state index >= 15 is 0 Å². The second-order valence-corrected chi connectivity index (χ2v) is 7.19. The Balaban J connectivity index is 1.47. The summed E-state index contributed by atoms with van der Waals surface area (Å²) < 4.78 is 0.788. The molecule has 0 bridgehead atoms. The molecule has 3 N–H and O–H groups in total. The Morgan fingerprint density at radius 3 is 2.71 bits per heavy atom. The van der Waals surface area contributed by atoms with Crippen molar-refractivity contribution in [3.05, 3.63) is 77.5 Å². The molecular formula is C21H15BrN6. The lowest BCUT2D eigenvalue weighted by atomic mass is 10.1. The SMILES string of the molecule is Brc1cnc(Nc2ccc3[nH]ncc3c2)nc1Nc1cccc2ccccc12. The zero-order chi connectivity index (χ0) is 18.9. The normalized spacial score (nSPS) is 11.0. The van der Waals surface area contributed by atoms with Crippen LogP contribution in [0.2, 0.25) is 0 Å². The molecule has 3 aromatic carbocycles.